The summed E-state index contributed by atoms with van der Waals surface area (Å²) in [6, 6.07) is 2.90. The van der Waals surface area contributed by atoms with Gasteiger partial charge in [0.25, 0.3) is 11.7 Å². The van der Waals surface area contributed by atoms with Gasteiger partial charge in [0.15, 0.2) is 0 Å². The van der Waals surface area contributed by atoms with Gasteiger partial charge in [-0.2, -0.15) is 5.10 Å². The Bertz CT molecular complexity index is 962. The van der Waals surface area contributed by atoms with Gasteiger partial charge in [-0.05, 0) is 52.5 Å². The Morgan fingerprint density at radius 3 is 2.55 bits per heavy atom. The smallest absolute Gasteiger partial charge is 0.295 e. The zero-order valence-corrected chi connectivity index (χ0v) is 17.5. The molecule has 2 aromatic rings. The lowest BCUT2D eigenvalue weighted by Crippen LogP contribution is -2.32. The molecule has 0 unspecified atom stereocenters. The summed E-state index contributed by atoms with van der Waals surface area (Å²) in [6.45, 7) is 4.78. The van der Waals surface area contributed by atoms with E-state index in [4.69, 9.17) is 0 Å². The van der Waals surface area contributed by atoms with E-state index >= 15 is 0 Å². The van der Waals surface area contributed by atoms with E-state index in [-0.39, 0.29) is 11.3 Å². The van der Waals surface area contributed by atoms with E-state index in [2.05, 4.69) is 10.1 Å². The normalized spacial score (nSPS) is 18.8. The van der Waals surface area contributed by atoms with Crippen molar-refractivity contribution >= 4 is 17.4 Å². The molecular weight excluding hydrogens is 370 g/mol. The van der Waals surface area contributed by atoms with Crippen LogP contribution in [0.4, 0.5) is 0 Å². The minimum absolute atomic E-state index is 0.0899. The summed E-state index contributed by atoms with van der Waals surface area (Å²) in [5, 5.41) is 15.5. The highest BCUT2D eigenvalue weighted by Crippen LogP contribution is 2.40. The number of rotatable bonds is 6. The van der Waals surface area contributed by atoms with Crippen molar-refractivity contribution in [2.45, 2.75) is 26.3 Å². The summed E-state index contributed by atoms with van der Waals surface area (Å²) >= 11 is 0. The van der Waals surface area contributed by atoms with Crippen molar-refractivity contribution in [3.63, 3.8) is 0 Å². The van der Waals surface area contributed by atoms with Gasteiger partial charge < -0.3 is 14.9 Å². The molecule has 8 heteroatoms. The highest BCUT2D eigenvalue weighted by Gasteiger charge is 2.46. The van der Waals surface area contributed by atoms with Crippen LogP contribution in [-0.2, 0) is 16.6 Å². The molecule has 0 radical (unpaired) electrons. The Morgan fingerprint density at radius 1 is 1.28 bits per heavy atom. The highest BCUT2D eigenvalue weighted by atomic mass is 16.3. The SMILES string of the molecule is Cc1nn(C)c(C)c1/C(O)=C1\C(=O)C(=O)N(CCCN(C)C)[C@@H]1c1cccnc1. The van der Waals surface area contributed by atoms with Crippen LogP contribution in [0.3, 0.4) is 0 Å². The largest absolute Gasteiger partial charge is 0.507 e. The first-order valence-corrected chi connectivity index (χ1v) is 9.57. The van der Waals surface area contributed by atoms with Gasteiger partial charge in [0.2, 0.25) is 0 Å². The molecule has 1 aliphatic heterocycles. The average molecular weight is 397 g/mol. The number of ketones is 1. The van der Waals surface area contributed by atoms with Gasteiger partial charge in [0.05, 0.1) is 22.9 Å². The maximum atomic E-state index is 13.0. The number of amides is 1. The molecule has 0 saturated carbocycles. The third-order valence-electron chi connectivity index (χ3n) is 5.29. The number of aryl methyl sites for hydroxylation is 2. The van der Waals surface area contributed by atoms with Crippen molar-refractivity contribution in [2.75, 3.05) is 27.2 Å². The van der Waals surface area contributed by atoms with Crippen molar-refractivity contribution in [3.8, 4) is 0 Å². The minimum atomic E-state index is -0.677. The van der Waals surface area contributed by atoms with Crippen molar-refractivity contribution in [3.05, 3.63) is 52.6 Å². The van der Waals surface area contributed by atoms with Crippen LogP contribution < -0.4 is 0 Å². The number of hydrogen-bond acceptors (Lipinski definition) is 6. The number of hydrogen-bond donors (Lipinski definition) is 1. The quantitative estimate of drug-likeness (QED) is 0.454. The van der Waals surface area contributed by atoms with Crippen molar-refractivity contribution in [2.24, 2.45) is 7.05 Å². The molecule has 154 valence electrons. The molecule has 29 heavy (non-hydrogen) atoms. The van der Waals surface area contributed by atoms with Crippen LogP contribution in [0.5, 0.6) is 0 Å². The molecule has 1 amide bonds. The number of carbonyl (C=O) groups excluding carboxylic acids is 2. The highest BCUT2D eigenvalue weighted by molar-refractivity contribution is 6.46. The summed E-state index contributed by atoms with van der Waals surface area (Å²) in [7, 11) is 5.69. The summed E-state index contributed by atoms with van der Waals surface area (Å²) in [5.41, 5.74) is 2.60. The molecule has 1 fully saturated rings. The number of carbonyl (C=O) groups is 2. The third-order valence-corrected chi connectivity index (χ3v) is 5.29. The first-order chi connectivity index (χ1) is 13.7. The molecular formula is C21H27N5O3. The molecule has 1 atom stereocenters. The molecule has 3 heterocycles. The molecule has 8 nitrogen and oxygen atoms in total. The molecule has 1 aliphatic rings. The Morgan fingerprint density at radius 2 is 2.00 bits per heavy atom. The van der Waals surface area contributed by atoms with E-state index in [1.54, 1.807) is 37.1 Å². The fourth-order valence-corrected chi connectivity index (χ4v) is 3.80. The molecule has 0 spiro atoms. The van der Waals surface area contributed by atoms with Crippen LogP contribution in [0.2, 0.25) is 0 Å². The lowest BCUT2D eigenvalue weighted by molar-refractivity contribution is -0.139. The standard InChI is InChI=1S/C21H27N5O3/c1-13-16(14(2)25(5)23-13)19(27)17-18(15-8-6-9-22-12-15)26(21(29)20(17)28)11-7-10-24(3)4/h6,8-9,12,18,27H,7,10-11H2,1-5H3/b19-17+/t18-/m1/s1. The number of aliphatic hydroxyl groups is 1. The maximum absolute atomic E-state index is 13.0. The molecule has 3 rings (SSSR count). The summed E-state index contributed by atoms with van der Waals surface area (Å²) in [6.07, 6.45) is 3.98. The van der Waals surface area contributed by atoms with E-state index < -0.39 is 17.7 Å². The van der Waals surface area contributed by atoms with Gasteiger partial charge in [-0.3, -0.25) is 19.3 Å². The van der Waals surface area contributed by atoms with Gasteiger partial charge in [-0.15, -0.1) is 0 Å². The third kappa shape index (κ3) is 3.80. The van der Waals surface area contributed by atoms with Crippen LogP contribution in [0.1, 0.15) is 35.0 Å². The van der Waals surface area contributed by atoms with Crippen LogP contribution in [-0.4, -0.2) is 68.5 Å². The average Bonchev–Trinajstić information content (AvgIpc) is 3.08. The lowest BCUT2D eigenvalue weighted by Gasteiger charge is -2.25. The predicted molar refractivity (Wildman–Crippen MR) is 109 cm³/mol. The summed E-state index contributed by atoms with van der Waals surface area (Å²) < 4.78 is 1.65. The first-order valence-electron chi connectivity index (χ1n) is 9.57. The van der Waals surface area contributed by atoms with Gasteiger partial charge in [-0.25, -0.2) is 0 Å². The number of aliphatic hydroxyl groups excluding tert-OH is 1. The molecule has 0 aliphatic carbocycles. The maximum Gasteiger partial charge on any atom is 0.295 e. The first kappa shape index (κ1) is 20.7. The molecule has 1 N–H and O–H groups in total. The molecule has 2 aromatic heterocycles. The number of nitrogens with zero attached hydrogens (tertiary/aromatic N) is 5. The fraction of sp³-hybridized carbons (Fsp3) is 0.429. The number of likely N-dealkylation sites (tertiary alicyclic amines) is 1. The van der Waals surface area contributed by atoms with Gasteiger partial charge in [0, 0.05) is 31.7 Å². The van der Waals surface area contributed by atoms with E-state index in [1.165, 1.54) is 4.90 Å². The molecule has 1 saturated heterocycles. The zero-order chi connectivity index (χ0) is 21.3. The molecule has 0 bridgehead atoms. The van der Waals surface area contributed by atoms with E-state index in [1.807, 2.05) is 32.0 Å². The van der Waals surface area contributed by atoms with Crippen LogP contribution in [0, 0.1) is 13.8 Å². The van der Waals surface area contributed by atoms with Crippen LogP contribution in [0.25, 0.3) is 5.76 Å². The Labute approximate surface area is 170 Å². The number of Topliss-reactive ketones (excluding diaryl/α,β-unsaturated/α-hetero) is 1. The summed E-state index contributed by atoms with van der Waals surface area (Å²) in [4.78, 5) is 33.5. The number of pyridine rings is 1. The second-order valence-corrected chi connectivity index (χ2v) is 7.61. The van der Waals surface area contributed by atoms with E-state index in [9.17, 15) is 14.7 Å². The van der Waals surface area contributed by atoms with Gasteiger partial charge in [0.1, 0.15) is 5.76 Å². The van der Waals surface area contributed by atoms with Crippen molar-refractivity contribution in [1.82, 2.24) is 24.6 Å². The monoisotopic (exact) mass is 397 g/mol. The van der Waals surface area contributed by atoms with E-state index in [0.717, 1.165) is 12.2 Å². The Balaban J connectivity index is 2.13. The van der Waals surface area contributed by atoms with Gasteiger partial charge in [-0.1, -0.05) is 6.07 Å². The van der Waals surface area contributed by atoms with Crippen molar-refractivity contribution < 1.29 is 14.7 Å². The van der Waals surface area contributed by atoms with Gasteiger partial charge >= 0.3 is 0 Å². The van der Waals surface area contributed by atoms with Crippen LogP contribution in [0.15, 0.2) is 30.1 Å². The zero-order valence-electron chi connectivity index (χ0n) is 17.5. The topological polar surface area (TPSA) is 91.6 Å². The summed E-state index contributed by atoms with van der Waals surface area (Å²) in [5.74, 6) is -1.46. The fourth-order valence-electron chi connectivity index (χ4n) is 3.80. The minimum Gasteiger partial charge on any atom is -0.507 e. The van der Waals surface area contributed by atoms with Crippen LogP contribution >= 0.6 is 0 Å². The van der Waals surface area contributed by atoms with Crippen molar-refractivity contribution in [1.29, 1.82) is 0 Å². The number of aromatic nitrogens is 3. The molecule has 0 aromatic carbocycles. The second-order valence-electron chi connectivity index (χ2n) is 7.61. The second kappa shape index (κ2) is 8.16. The Hall–Kier alpha value is -3.00. The predicted octanol–water partition coefficient (Wildman–Crippen LogP) is 1.81. The lowest BCUT2D eigenvalue weighted by atomic mass is 9.95. The van der Waals surface area contributed by atoms with E-state index in [0.29, 0.717) is 29.8 Å². The Kier molecular flexibility index (Phi) is 5.83.